The topological polar surface area (TPSA) is 73.7 Å². The number of carbonyl (C=O) groups excluding carboxylic acids is 2. The summed E-state index contributed by atoms with van der Waals surface area (Å²) in [5.74, 6) is -0.887. The first-order valence-corrected chi connectivity index (χ1v) is 10.4. The van der Waals surface area contributed by atoms with Crippen LogP contribution in [0.4, 0.5) is 0 Å². The van der Waals surface area contributed by atoms with E-state index in [-0.39, 0.29) is 12.5 Å². The van der Waals surface area contributed by atoms with Crippen LogP contribution in [-0.2, 0) is 25.6 Å². The average Bonchev–Trinajstić information content (AvgIpc) is 3.00. The van der Waals surface area contributed by atoms with Gasteiger partial charge in [0, 0.05) is 34.8 Å². The average molecular weight is 473 g/mol. The Morgan fingerprint density at radius 1 is 1.23 bits per heavy atom. The molecule has 1 saturated heterocycles. The van der Waals surface area contributed by atoms with Crippen molar-refractivity contribution < 1.29 is 19.1 Å². The molecular weight excluding hydrogens is 453 g/mol. The van der Waals surface area contributed by atoms with Crippen LogP contribution in [0.15, 0.2) is 24.3 Å². The summed E-state index contributed by atoms with van der Waals surface area (Å²) in [6.07, 6.45) is 2.74. The monoisotopic (exact) mass is 471 g/mol. The Labute approximate surface area is 189 Å². The number of aryl methyl sites for hydroxylation is 1. The summed E-state index contributed by atoms with van der Waals surface area (Å²) in [5, 5.41) is 5.81. The number of hydrogen-bond donors (Lipinski definition) is 0. The normalized spacial score (nSPS) is 14.3. The molecular formula is C20H20Cl3N3O4. The van der Waals surface area contributed by atoms with E-state index in [9.17, 15) is 9.59 Å². The molecule has 1 amide bonds. The van der Waals surface area contributed by atoms with Crippen LogP contribution >= 0.6 is 34.8 Å². The van der Waals surface area contributed by atoms with Crippen molar-refractivity contribution in [3.05, 3.63) is 56.3 Å². The maximum absolute atomic E-state index is 12.0. The summed E-state index contributed by atoms with van der Waals surface area (Å²) in [6, 6.07) is 5.19. The van der Waals surface area contributed by atoms with Gasteiger partial charge in [0.25, 0.3) is 5.91 Å². The molecule has 10 heteroatoms. The lowest BCUT2D eigenvalue weighted by molar-refractivity contribution is -0.150. The van der Waals surface area contributed by atoms with Crippen molar-refractivity contribution in [1.82, 2.24) is 14.7 Å². The van der Waals surface area contributed by atoms with Crippen LogP contribution in [0.25, 0.3) is 6.08 Å². The van der Waals surface area contributed by atoms with Crippen molar-refractivity contribution in [1.29, 1.82) is 0 Å². The highest BCUT2D eigenvalue weighted by atomic mass is 35.5. The highest BCUT2D eigenvalue weighted by Gasteiger charge is 2.18. The molecule has 7 nitrogen and oxygen atoms in total. The SMILES string of the molecule is Cc1nn(Cc2ccc(Cl)cc2Cl)c(Cl)c1C=CC(=O)OCC(=O)N1CCOCC1. The molecule has 0 unspecified atom stereocenters. The van der Waals surface area contributed by atoms with Crippen molar-refractivity contribution in [2.24, 2.45) is 0 Å². The van der Waals surface area contributed by atoms with Gasteiger partial charge in [0.1, 0.15) is 5.15 Å². The third kappa shape index (κ3) is 5.76. The minimum Gasteiger partial charge on any atom is -0.452 e. The van der Waals surface area contributed by atoms with E-state index in [1.165, 1.54) is 12.2 Å². The second-order valence-electron chi connectivity index (χ2n) is 6.62. The zero-order valence-corrected chi connectivity index (χ0v) is 18.5. The number of nitrogens with zero attached hydrogens (tertiary/aromatic N) is 3. The van der Waals surface area contributed by atoms with Gasteiger partial charge in [-0.05, 0) is 30.7 Å². The second kappa shape index (κ2) is 10.3. The number of ether oxygens (including phenoxy) is 2. The van der Waals surface area contributed by atoms with E-state index in [1.54, 1.807) is 34.7 Å². The summed E-state index contributed by atoms with van der Waals surface area (Å²) >= 11 is 18.6. The Balaban J connectivity index is 1.61. The summed E-state index contributed by atoms with van der Waals surface area (Å²) in [7, 11) is 0. The number of halogens is 3. The predicted molar refractivity (Wildman–Crippen MR) is 115 cm³/mol. The van der Waals surface area contributed by atoms with Gasteiger partial charge >= 0.3 is 5.97 Å². The van der Waals surface area contributed by atoms with Crippen LogP contribution in [0.3, 0.4) is 0 Å². The molecule has 1 fully saturated rings. The lowest BCUT2D eigenvalue weighted by Gasteiger charge is -2.26. The first-order valence-electron chi connectivity index (χ1n) is 9.22. The summed E-state index contributed by atoms with van der Waals surface area (Å²) in [5.41, 5.74) is 2.03. The van der Waals surface area contributed by atoms with Gasteiger partial charge < -0.3 is 14.4 Å². The van der Waals surface area contributed by atoms with Gasteiger partial charge in [-0.2, -0.15) is 5.10 Å². The molecule has 0 bridgehead atoms. The third-order valence-corrected chi connectivity index (χ3v) is 5.52. The molecule has 1 aliphatic rings. The molecule has 0 N–H and O–H groups in total. The van der Waals surface area contributed by atoms with Crippen LogP contribution in [0.2, 0.25) is 15.2 Å². The Kier molecular flexibility index (Phi) is 7.77. The lowest BCUT2D eigenvalue weighted by atomic mass is 10.2. The molecule has 0 atom stereocenters. The number of aromatic nitrogens is 2. The number of morpholine rings is 1. The van der Waals surface area contributed by atoms with Gasteiger partial charge in [0.05, 0.1) is 25.5 Å². The molecule has 0 spiro atoms. The number of esters is 1. The number of rotatable bonds is 6. The quantitative estimate of drug-likeness (QED) is 0.474. The fraction of sp³-hybridized carbons (Fsp3) is 0.350. The zero-order chi connectivity index (χ0) is 21.7. The fourth-order valence-electron chi connectivity index (χ4n) is 2.91. The number of hydrogen-bond acceptors (Lipinski definition) is 5. The molecule has 0 saturated carbocycles. The largest absolute Gasteiger partial charge is 0.452 e. The second-order valence-corrected chi connectivity index (χ2v) is 7.82. The molecule has 1 aromatic heterocycles. The minimum absolute atomic E-state index is 0.248. The number of benzene rings is 1. The van der Waals surface area contributed by atoms with Gasteiger partial charge in [-0.3, -0.25) is 4.79 Å². The molecule has 3 rings (SSSR count). The van der Waals surface area contributed by atoms with Gasteiger partial charge in [0.2, 0.25) is 0 Å². The van der Waals surface area contributed by atoms with Crippen LogP contribution in [0.1, 0.15) is 16.8 Å². The van der Waals surface area contributed by atoms with E-state index in [4.69, 9.17) is 44.3 Å². The Morgan fingerprint density at radius 2 is 1.97 bits per heavy atom. The highest BCUT2D eigenvalue weighted by molar-refractivity contribution is 6.35. The molecule has 160 valence electrons. The molecule has 1 aliphatic heterocycles. The van der Waals surface area contributed by atoms with Gasteiger partial charge in [-0.15, -0.1) is 0 Å². The van der Waals surface area contributed by atoms with E-state index in [1.807, 2.05) is 0 Å². The molecule has 2 heterocycles. The van der Waals surface area contributed by atoms with E-state index in [0.717, 1.165) is 5.56 Å². The summed E-state index contributed by atoms with van der Waals surface area (Å²) in [4.78, 5) is 25.6. The molecule has 2 aromatic rings. The molecule has 1 aromatic carbocycles. The van der Waals surface area contributed by atoms with Gasteiger partial charge in [-0.1, -0.05) is 40.9 Å². The smallest absolute Gasteiger partial charge is 0.331 e. The van der Waals surface area contributed by atoms with E-state index in [0.29, 0.717) is 59.3 Å². The third-order valence-electron chi connectivity index (χ3n) is 4.53. The zero-order valence-electron chi connectivity index (χ0n) is 16.2. The molecule has 30 heavy (non-hydrogen) atoms. The van der Waals surface area contributed by atoms with E-state index in [2.05, 4.69) is 5.10 Å². The first-order chi connectivity index (χ1) is 14.3. The fourth-order valence-corrected chi connectivity index (χ4v) is 3.67. The van der Waals surface area contributed by atoms with Gasteiger partial charge in [-0.25, -0.2) is 9.48 Å². The van der Waals surface area contributed by atoms with E-state index >= 15 is 0 Å². The Hall–Kier alpha value is -2.06. The van der Waals surface area contributed by atoms with Crippen molar-refractivity contribution in [2.45, 2.75) is 13.5 Å². The van der Waals surface area contributed by atoms with Crippen molar-refractivity contribution in [3.63, 3.8) is 0 Å². The number of amides is 1. The van der Waals surface area contributed by atoms with Crippen LogP contribution < -0.4 is 0 Å². The predicted octanol–water partition coefficient (Wildman–Crippen LogP) is 3.62. The van der Waals surface area contributed by atoms with Crippen LogP contribution in [0, 0.1) is 6.92 Å². The Morgan fingerprint density at radius 3 is 2.67 bits per heavy atom. The lowest BCUT2D eigenvalue weighted by Crippen LogP contribution is -2.42. The standard InChI is InChI=1S/C20H20Cl3N3O4/c1-13-16(4-5-19(28)30-12-18(27)25-6-8-29-9-7-25)20(23)26(24-13)11-14-2-3-15(21)10-17(14)22/h2-5,10H,6-9,11-12H2,1H3. The first kappa shape index (κ1) is 22.6. The van der Waals surface area contributed by atoms with E-state index < -0.39 is 5.97 Å². The van der Waals surface area contributed by atoms with Gasteiger partial charge in [0.15, 0.2) is 6.61 Å². The minimum atomic E-state index is -0.638. The van der Waals surface area contributed by atoms with Crippen LogP contribution in [0.5, 0.6) is 0 Å². The van der Waals surface area contributed by atoms with Crippen molar-refractivity contribution in [2.75, 3.05) is 32.9 Å². The molecule has 0 radical (unpaired) electrons. The van der Waals surface area contributed by atoms with Crippen molar-refractivity contribution in [3.8, 4) is 0 Å². The maximum Gasteiger partial charge on any atom is 0.331 e. The maximum atomic E-state index is 12.0. The summed E-state index contributed by atoms with van der Waals surface area (Å²) in [6.45, 7) is 3.78. The van der Waals surface area contributed by atoms with Crippen molar-refractivity contribution >= 4 is 52.8 Å². The Bertz CT molecular complexity index is 968. The van der Waals surface area contributed by atoms with Crippen LogP contribution in [-0.4, -0.2) is 59.5 Å². The number of carbonyl (C=O) groups is 2. The summed E-state index contributed by atoms with van der Waals surface area (Å²) < 4.78 is 11.8. The highest BCUT2D eigenvalue weighted by Crippen LogP contribution is 2.26. The molecule has 0 aliphatic carbocycles.